The van der Waals surface area contributed by atoms with Gasteiger partial charge in [0.1, 0.15) is 0 Å². The van der Waals surface area contributed by atoms with E-state index in [1.807, 2.05) is 11.8 Å². The molecule has 0 amide bonds. The first-order valence-corrected chi connectivity index (χ1v) is 4.27. The minimum absolute atomic E-state index is 0.360. The van der Waals surface area contributed by atoms with Crippen molar-refractivity contribution in [2.75, 3.05) is 10.8 Å². The molecule has 0 N–H and O–H groups in total. The van der Waals surface area contributed by atoms with E-state index < -0.39 is 0 Å². The third kappa shape index (κ3) is 1.74. The lowest BCUT2D eigenvalue weighted by molar-refractivity contribution is -0.110. The second kappa shape index (κ2) is 2.62. The lowest BCUT2D eigenvalue weighted by Crippen LogP contribution is -1.99. The second-order valence-electron chi connectivity index (χ2n) is 1.29. The van der Waals surface area contributed by atoms with Crippen LogP contribution in [0.4, 0.5) is 0 Å². The van der Waals surface area contributed by atoms with Gasteiger partial charge in [0.15, 0.2) is 5.12 Å². The fraction of sp³-hybridized carbons (Fsp3) is 0.750. The summed E-state index contributed by atoms with van der Waals surface area (Å²) >= 11 is 3.28. The van der Waals surface area contributed by atoms with Crippen molar-refractivity contribution in [3.05, 3.63) is 0 Å². The molecule has 1 fully saturated rings. The van der Waals surface area contributed by atoms with Crippen molar-refractivity contribution in [1.82, 2.24) is 0 Å². The van der Waals surface area contributed by atoms with Crippen LogP contribution < -0.4 is 0 Å². The van der Waals surface area contributed by atoms with Crippen molar-refractivity contribution in [3.63, 3.8) is 0 Å². The normalized spacial score (nSPS) is 22.6. The molecule has 0 aromatic rings. The molecule has 1 saturated heterocycles. The second-order valence-corrected chi connectivity index (χ2v) is 3.80. The Morgan fingerprint density at radius 3 is 2.71 bits per heavy atom. The maximum atomic E-state index is 10.4. The molecule has 0 atom stereocenters. The summed E-state index contributed by atoms with van der Waals surface area (Å²) in [5.74, 6) is 1.03. The number of thioether (sulfide) groups is 2. The topological polar surface area (TPSA) is 17.1 Å². The van der Waals surface area contributed by atoms with Gasteiger partial charge in [0.2, 0.25) is 0 Å². The van der Waals surface area contributed by atoms with Crippen molar-refractivity contribution in [2.45, 2.75) is 6.42 Å². The highest BCUT2D eigenvalue weighted by atomic mass is 32.2. The number of hydrogen-bond acceptors (Lipinski definition) is 3. The van der Waals surface area contributed by atoms with E-state index in [9.17, 15) is 4.79 Å². The fourth-order valence-electron chi connectivity index (χ4n) is 0.394. The Labute approximate surface area is 51.2 Å². The van der Waals surface area contributed by atoms with Crippen LogP contribution in [0.15, 0.2) is 0 Å². The number of rotatable bonds is 0. The zero-order chi connectivity index (χ0) is 5.11. The Morgan fingerprint density at radius 1 is 1.57 bits per heavy atom. The standard InChI is InChI=1S/C4H6OS2/c5-4-1-2-6-3-7-4/h1-3H2. The van der Waals surface area contributed by atoms with Gasteiger partial charge in [-0.2, -0.15) is 11.8 Å². The van der Waals surface area contributed by atoms with E-state index in [-0.39, 0.29) is 0 Å². The quantitative estimate of drug-likeness (QED) is 0.497. The molecule has 0 bridgehead atoms. The molecule has 1 heterocycles. The highest BCUT2D eigenvalue weighted by Gasteiger charge is 2.07. The Kier molecular flexibility index (Phi) is 2.06. The highest BCUT2D eigenvalue weighted by molar-refractivity contribution is 8.24. The molecule has 1 rings (SSSR count). The van der Waals surface area contributed by atoms with Crippen molar-refractivity contribution < 1.29 is 4.79 Å². The summed E-state index contributed by atoms with van der Waals surface area (Å²) in [6.45, 7) is 0. The van der Waals surface area contributed by atoms with Gasteiger partial charge >= 0.3 is 0 Å². The van der Waals surface area contributed by atoms with Crippen LogP contribution >= 0.6 is 23.5 Å². The molecular formula is C4H6OS2. The van der Waals surface area contributed by atoms with Crippen LogP contribution in [0.5, 0.6) is 0 Å². The van der Waals surface area contributed by atoms with Gasteiger partial charge < -0.3 is 0 Å². The van der Waals surface area contributed by atoms with Gasteiger partial charge in [-0.3, -0.25) is 4.79 Å². The van der Waals surface area contributed by atoms with E-state index in [0.29, 0.717) is 5.12 Å². The molecule has 0 aromatic carbocycles. The Hall–Kier alpha value is 0.370. The summed E-state index contributed by atoms with van der Waals surface area (Å²) in [5, 5.41) is 1.33. The van der Waals surface area contributed by atoms with E-state index in [2.05, 4.69) is 0 Å². The van der Waals surface area contributed by atoms with Crippen molar-refractivity contribution in [3.8, 4) is 0 Å². The Bertz CT molecular complexity index is 73.8. The first-order chi connectivity index (χ1) is 3.39. The van der Waals surface area contributed by atoms with Gasteiger partial charge in [-0.1, -0.05) is 11.8 Å². The molecule has 0 aliphatic carbocycles. The van der Waals surface area contributed by atoms with Gasteiger partial charge in [0, 0.05) is 17.3 Å². The average molecular weight is 134 g/mol. The molecule has 40 valence electrons. The summed E-state index contributed by atoms with van der Waals surface area (Å²) in [6.07, 6.45) is 0.773. The van der Waals surface area contributed by atoms with E-state index in [1.54, 1.807) is 0 Å². The summed E-state index contributed by atoms with van der Waals surface area (Å²) in [5.41, 5.74) is 0. The maximum Gasteiger partial charge on any atom is 0.190 e. The first-order valence-electron chi connectivity index (χ1n) is 2.13. The summed E-state index contributed by atoms with van der Waals surface area (Å²) in [7, 11) is 0. The van der Waals surface area contributed by atoms with Crippen LogP contribution in [0.3, 0.4) is 0 Å². The van der Waals surface area contributed by atoms with Gasteiger partial charge in [-0.25, -0.2) is 0 Å². The molecule has 0 unspecified atom stereocenters. The van der Waals surface area contributed by atoms with Gasteiger partial charge in [0.25, 0.3) is 0 Å². The predicted molar refractivity (Wildman–Crippen MR) is 34.5 cm³/mol. The van der Waals surface area contributed by atoms with E-state index in [0.717, 1.165) is 17.3 Å². The monoisotopic (exact) mass is 134 g/mol. The van der Waals surface area contributed by atoms with E-state index in [4.69, 9.17) is 0 Å². The van der Waals surface area contributed by atoms with Crippen LogP contribution in [-0.4, -0.2) is 16.0 Å². The fourth-order valence-corrected chi connectivity index (χ4v) is 2.43. The number of hydrogen-bond donors (Lipinski definition) is 0. The van der Waals surface area contributed by atoms with E-state index in [1.165, 1.54) is 11.8 Å². The lowest BCUT2D eigenvalue weighted by atomic mass is 10.5. The van der Waals surface area contributed by atoms with Gasteiger partial charge in [-0.05, 0) is 0 Å². The SMILES string of the molecule is O=C1CCSCS1. The van der Waals surface area contributed by atoms with Crippen molar-refractivity contribution in [1.29, 1.82) is 0 Å². The Balaban J connectivity index is 2.25. The van der Waals surface area contributed by atoms with Crippen molar-refractivity contribution in [2.24, 2.45) is 0 Å². The van der Waals surface area contributed by atoms with E-state index >= 15 is 0 Å². The average Bonchev–Trinajstić information content (AvgIpc) is 1.69. The zero-order valence-corrected chi connectivity index (χ0v) is 5.48. The smallest absolute Gasteiger partial charge is 0.190 e. The Morgan fingerprint density at radius 2 is 2.43 bits per heavy atom. The first kappa shape index (κ1) is 5.51. The van der Waals surface area contributed by atoms with Gasteiger partial charge in [-0.15, -0.1) is 0 Å². The summed E-state index contributed by atoms with van der Waals surface area (Å²) < 4.78 is 0. The van der Waals surface area contributed by atoms with Crippen LogP contribution in [0, 0.1) is 0 Å². The van der Waals surface area contributed by atoms with Crippen LogP contribution in [0.1, 0.15) is 6.42 Å². The molecule has 0 radical (unpaired) electrons. The highest BCUT2D eigenvalue weighted by Crippen LogP contribution is 2.21. The zero-order valence-electron chi connectivity index (χ0n) is 3.85. The molecule has 3 heteroatoms. The minimum Gasteiger partial charge on any atom is -0.287 e. The molecule has 0 aromatic heterocycles. The number of carbonyl (C=O) groups excluding carboxylic acids is 1. The van der Waals surface area contributed by atoms with Crippen molar-refractivity contribution >= 4 is 28.6 Å². The molecule has 1 aliphatic heterocycles. The molecule has 0 spiro atoms. The molecule has 1 aliphatic rings. The minimum atomic E-state index is 0.360. The largest absolute Gasteiger partial charge is 0.287 e. The summed E-state index contributed by atoms with van der Waals surface area (Å²) in [4.78, 5) is 10.4. The predicted octanol–water partition coefficient (Wildman–Crippen LogP) is 1.34. The molecular weight excluding hydrogens is 128 g/mol. The summed E-state index contributed by atoms with van der Waals surface area (Å²) in [6, 6.07) is 0. The van der Waals surface area contributed by atoms with Crippen LogP contribution in [-0.2, 0) is 4.79 Å². The molecule has 7 heavy (non-hydrogen) atoms. The number of carbonyl (C=O) groups is 1. The van der Waals surface area contributed by atoms with Gasteiger partial charge in [0.05, 0.1) is 0 Å². The lowest BCUT2D eigenvalue weighted by Gasteiger charge is -2.04. The molecule has 1 nitrogen and oxygen atoms in total. The van der Waals surface area contributed by atoms with Crippen LogP contribution in [0.2, 0.25) is 0 Å². The van der Waals surface area contributed by atoms with Crippen LogP contribution in [0.25, 0.3) is 0 Å². The molecule has 0 saturated carbocycles. The maximum absolute atomic E-state index is 10.4. The third-order valence-electron chi connectivity index (χ3n) is 0.754. The third-order valence-corrected chi connectivity index (χ3v) is 2.91.